The molecule has 1 aliphatic rings. The van der Waals surface area contributed by atoms with Gasteiger partial charge in [-0.05, 0) is 24.3 Å². The second-order valence-electron chi connectivity index (χ2n) is 8.10. The quantitative estimate of drug-likeness (QED) is 0.296. The largest absolute Gasteiger partial charge is 0.490 e. The van der Waals surface area contributed by atoms with E-state index in [2.05, 4.69) is 31.9 Å². The van der Waals surface area contributed by atoms with Crippen molar-refractivity contribution in [2.24, 2.45) is 5.73 Å². The van der Waals surface area contributed by atoms with E-state index in [9.17, 15) is 26.7 Å². The van der Waals surface area contributed by atoms with Gasteiger partial charge in [0.2, 0.25) is 0 Å². The van der Waals surface area contributed by atoms with Crippen LogP contribution in [0.15, 0.2) is 46.9 Å². The molecule has 0 spiro atoms. The summed E-state index contributed by atoms with van der Waals surface area (Å²) in [6.45, 7) is 2.96. The number of nitrogens with one attached hydrogen (secondary N) is 1. The van der Waals surface area contributed by atoms with Crippen LogP contribution in [0.1, 0.15) is 21.1 Å². The maximum atomic E-state index is 12.9. The van der Waals surface area contributed by atoms with Crippen molar-refractivity contribution in [3.8, 4) is 11.8 Å². The van der Waals surface area contributed by atoms with Crippen LogP contribution in [-0.4, -0.2) is 69.8 Å². The molecular weight excluding hydrogens is 563 g/mol. The summed E-state index contributed by atoms with van der Waals surface area (Å²) in [5.74, 6) is 4.56. The molecule has 0 radical (unpaired) electrons. The van der Waals surface area contributed by atoms with E-state index in [1.807, 2.05) is 24.3 Å². The van der Waals surface area contributed by atoms with Crippen molar-refractivity contribution in [3.63, 3.8) is 0 Å². The number of H-pyrrole nitrogens is 1. The van der Waals surface area contributed by atoms with Crippen LogP contribution in [0.3, 0.4) is 0 Å². The minimum atomic E-state index is -5.08. The number of carbonyl (C=O) groups is 1. The van der Waals surface area contributed by atoms with Crippen LogP contribution in [-0.2, 0) is 22.5 Å². The van der Waals surface area contributed by atoms with Crippen LogP contribution in [0.2, 0.25) is 0 Å². The molecule has 214 valence electrons. The fourth-order valence-electron chi connectivity index (χ4n) is 3.31. The monoisotopic (exact) mass is 586 g/mol. The lowest BCUT2D eigenvalue weighted by molar-refractivity contribution is -0.192. The van der Waals surface area contributed by atoms with Crippen LogP contribution in [0.5, 0.6) is 0 Å². The van der Waals surface area contributed by atoms with Gasteiger partial charge in [0.05, 0.1) is 24.6 Å². The number of morpholine rings is 1. The minimum Gasteiger partial charge on any atom is -0.475 e. The van der Waals surface area contributed by atoms with Crippen molar-refractivity contribution in [2.75, 3.05) is 37.7 Å². The predicted octanol–water partition coefficient (Wildman–Crippen LogP) is 2.60. The summed E-state index contributed by atoms with van der Waals surface area (Å²) in [5.41, 5.74) is 5.46. The van der Waals surface area contributed by atoms with Crippen molar-refractivity contribution in [3.05, 3.63) is 73.7 Å². The van der Waals surface area contributed by atoms with E-state index in [0.29, 0.717) is 13.2 Å². The van der Waals surface area contributed by atoms with Crippen molar-refractivity contribution < 1.29 is 36.6 Å². The Morgan fingerprint density at radius 2 is 1.88 bits per heavy atom. The Morgan fingerprint density at radius 1 is 1.18 bits per heavy atom. The Hall–Kier alpha value is -4.07. The van der Waals surface area contributed by atoms with E-state index in [-0.39, 0.29) is 30.9 Å². The van der Waals surface area contributed by atoms with E-state index in [0.717, 1.165) is 34.2 Å². The fourth-order valence-corrected chi connectivity index (χ4v) is 4.16. The maximum Gasteiger partial charge on any atom is 0.490 e. The molecule has 0 unspecified atom stereocenters. The highest BCUT2D eigenvalue weighted by Gasteiger charge is 2.38. The molecule has 1 saturated heterocycles. The number of aromatic amines is 1. The number of anilines is 1. The number of ether oxygens (including phenoxy) is 1. The van der Waals surface area contributed by atoms with E-state index in [1.54, 1.807) is 6.20 Å². The fraction of sp³-hybridized carbons (Fsp3) is 0.333. The first kappa shape index (κ1) is 30.5. The van der Waals surface area contributed by atoms with Crippen molar-refractivity contribution in [2.45, 2.75) is 19.1 Å². The predicted molar refractivity (Wildman–Crippen MR) is 135 cm³/mol. The molecule has 4 N–H and O–H groups in total. The number of rotatable bonds is 6. The number of hydrogen-bond donors (Lipinski definition) is 3. The number of carboxylic acids is 1. The number of hydrogen-bond acceptors (Lipinski definition) is 8. The molecule has 4 rings (SSSR count). The normalized spacial score (nSPS) is 13.1. The molecule has 10 nitrogen and oxygen atoms in total. The molecule has 3 aromatic rings. The molecule has 16 heteroatoms. The smallest absolute Gasteiger partial charge is 0.475 e. The lowest BCUT2D eigenvalue weighted by atomic mass is 10.2. The van der Waals surface area contributed by atoms with Gasteiger partial charge in [0.15, 0.2) is 0 Å². The van der Waals surface area contributed by atoms with E-state index >= 15 is 0 Å². The average Bonchev–Trinajstić information content (AvgIpc) is 3.52. The third kappa shape index (κ3) is 8.73. The highest BCUT2D eigenvalue weighted by atomic mass is 32.1. The number of thiophene rings is 1. The van der Waals surface area contributed by atoms with Gasteiger partial charge in [-0.1, -0.05) is 11.8 Å². The Labute approximate surface area is 227 Å². The summed E-state index contributed by atoms with van der Waals surface area (Å²) < 4.78 is 64.3. The molecule has 0 aliphatic carbocycles. The molecule has 1 fully saturated rings. The Bertz CT molecular complexity index is 1440. The minimum absolute atomic E-state index is 0.191. The van der Waals surface area contributed by atoms with E-state index in [1.165, 1.54) is 15.9 Å². The molecular formula is C24H23F5N6O4S. The Morgan fingerprint density at radius 3 is 2.45 bits per heavy atom. The van der Waals surface area contributed by atoms with Gasteiger partial charge >= 0.3 is 17.8 Å². The number of alkyl halides is 3. The molecule has 1 aliphatic heterocycles. The zero-order chi connectivity index (χ0) is 29.3. The molecule has 0 aromatic carbocycles. The topological polar surface area (TPSA) is 139 Å². The number of nitrogens with zero attached hydrogens (tertiary/aromatic N) is 4. The van der Waals surface area contributed by atoms with Gasteiger partial charge < -0.3 is 20.5 Å². The standard InChI is InChI=1S/C22H22F2N6O2S.C2HF3O2/c23-21(24)16(12-25)11-20-27-28-22(31)30(20)14-18-5-4-17(33-18)3-1-15-2-6-19(26-13-15)29-7-9-32-10-8-29;3-2(4,5)1(6)7/h2,4-6,13H,7-12,14,25H2,(H,28,31);(H,6,7). The van der Waals surface area contributed by atoms with Gasteiger partial charge in [0.1, 0.15) is 11.6 Å². The highest BCUT2D eigenvalue weighted by Crippen LogP contribution is 2.19. The zero-order valence-electron chi connectivity index (χ0n) is 20.7. The van der Waals surface area contributed by atoms with Crippen molar-refractivity contribution >= 4 is 23.1 Å². The molecule has 0 bridgehead atoms. The van der Waals surface area contributed by atoms with Crippen LogP contribution >= 0.6 is 11.3 Å². The van der Waals surface area contributed by atoms with E-state index in [4.69, 9.17) is 20.4 Å². The molecule has 4 heterocycles. The second kappa shape index (κ2) is 13.8. The third-order valence-corrected chi connectivity index (χ3v) is 6.34. The van der Waals surface area contributed by atoms with E-state index < -0.39 is 23.9 Å². The second-order valence-corrected chi connectivity index (χ2v) is 9.27. The number of halogens is 5. The van der Waals surface area contributed by atoms with Gasteiger partial charge in [-0.2, -0.15) is 27.1 Å². The van der Waals surface area contributed by atoms with Crippen molar-refractivity contribution in [1.82, 2.24) is 19.7 Å². The van der Waals surface area contributed by atoms with Gasteiger partial charge in [-0.25, -0.2) is 19.7 Å². The molecule has 0 saturated carbocycles. The lowest BCUT2D eigenvalue weighted by Gasteiger charge is -2.27. The highest BCUT2D eigenvalue weighted by molar-refractivity contribution is 7.12. The number of nitrogens with two attached hydrogens (primary N) is 1. The Balaban J connectivity index is 0.000000559. The summed E-state index contributed by atoms with van der Waals surface area (Å²) in [7, 11) is 0. The number of pyridine rings is 1. The van der Waals surface area contributed by atoms with Gasteiger partial charge in [0.25, 0.3) is 6.08 Å². The molecule has 0 amide bonds. The van der Waals surface area contributed by atoms with Crippen LogP contribution in [0.25, 0.3) is 0 Å². The van der Waals surface area contributed by atoms with Crippen LogP contribution < -0.4 is 16.3 Å². The summed E-state index contributed by atoms with van der Waals surface area (Å²) in [4.78, 5) is 29.3. The van der Waals surface area contributed by atoms with Gasteiger partial charge in [-0.15, -0.1) is 11.3 Å². The lowest BCUT2D eigenvalue weighted by Crippen LogP contribution is -2.36. The van der Waals surface area contributed by atoms with Crippen molar-refractivity contribution in [1.29, 1.82) is 0 Å². The van der Waals surface area contributed by atoms with Crippen LogP contribution in [0, 0.1) is 11.8 Å². The molecule has 3 aromatic heterocycles. The molecule has 0 atom stereocenters. The van der Waals surface area contributed by atoms with Gasteiger partial charge in [-0.3, -0.25) is 4.57 Å². The average molecular weight is 587 g/mol. The summed E-state index contributed by atoms with van der Waals surface area (Å²) >= 11 is 1.42. The summed E-state index contributed by atoms with van der Waals surface area (Å²) in [6.07, 6.45) is -5.38. The molecule has 40 heavy (non-hydrogen) atoms. The van der Waals surface area contributed by atoms with Gasteiger partial charge in [0, 0.05) is 48.3 Å². The van der Waals surface area contributed by atoms with Crippen LogP contribution in [0.4, 0.5) is 27.8 Å². The summed E-state index contributed by atoms with van der Waals surface area (Å²) in [6, 6.07) is 7.60. The first-order valence-electron chi connectivity index (χ1n) is 11.5. The maximum absolute atomic E-state index is 12.9. The first-order chi connectivity index (χ1) is 19.0. The number of aliphatic carboxylic acids is 1. The third-order valence-electron chi connectivity index (χ3n) is 5.35. The number of carboxylic acid groups (broad SMARTS) is 1. The Kier molecular flexibility index (Phi) is 10.5. The SMILES string of the molecule is NCC(Cc1n[nH]c(=O)n1Cc1ccc(C#Cc2ccc(N3CCOCC3)nc2)s1)=C(F)F.O=C(O)C(F)(F)F. The zero-order valence-corrected chi connectivity index (χ0v) is 21.5. The number of aromatic nitrogens is 4. The first-order valence-corrected chi connectivity index (χ1v) is 12.4. The summed E-state index contributed by atoms with van der Waals surface area (Å²) in [5, 5.41) is 13.3.